The highest BCUT2D eigenvalue weighted by atomic mass is 32.2. The van der Waals surface area contributed by atoms with Gasteiger partial charge in [0.2, 0.25) is 11.6 Å². The molecule has 2 aliphatic heterocycles. The van der Waals surface area contributed by atoms with E-state index >= 15 is 0 Å². The highest BCUT2D eigenvalue weighted by Gasteiger charge is 2.37. The van der Waals surface area contributed by atoms with Crippen molar-refractivity contribution in [2.45, 2.75) is 26.9 Å². The average molecular weight is 452 g/mol. The van der Waals surface area contributed by atoms with E-state index < -0.39 is 0 Å². The van der Waals surface area contributed by atoms with Crippen LogP contribution in [0.25, 0.3) is 11.5 Å². The second-order valence-corrected chi connectivity index (χ2v) is 7.64. The maximum Gasteiger partial charge on any atom is 0.205 e. The Labute approximate surface area is 189 Å². The predicted octanol–water partition coefficient (Wildman–Crippen LogP) is 2.60. The summed E-state index contributed by atoms with van der Waals surface area (Å²) in [5.41, 5.74) is 3.30. The van der Waals surface area contributed by atoms with Gasteiger partial charge in [-0.3, -0.25) is 13.4 Å². The normalized spacial score (nSPS) is 18.8. The van der Waals surface area contributed by atoms with Crippen molar-refractivity contribution in [3.8, 4) is 11.5 Å². The van der Waals surface area contributed by atoms with Crippen molar-refractivity contribution >= 4 is 35.3 Å². The third-order valence-electron chi connectivity index (χ3n) is 5.19. The molecule has 12 heteroatoms. The molecule has 0 bridgehead atoms. The maximum absolute atomic E-state index is 5.63. The Morgan fingerprint density at radius 3 is 2.72 bits per heavy atom. The number of aromatic nitrogens is 6. The number of rotatable bonds is 6. The lowest BCUT2D eigenvalue weighted by atomic mass is 10.1. The monoisotopic (exact) mass is 451 g/mol. The Balaban J connectivity index is 1.58. The third kappa shape index (κ3) is 3.66. The molecule has 0 aromatic carbocycles. The average Bonchev–Trinajstić information content (AvgIpc) is 3.55. The number of aliphatic imine (C=N–C) groups is 1. The molecule has 1 fully saturated rings. The molecule has 3 aromatic heterocycles. The van der Waals surface area contributed by atoms with Gasteiger partial charge in [0.05, 0.1) is 24.2 Å². The number of anilines is 1. The summed E-state index contributed by atoms with van der Waals surface area (Å²) in [6, 6.07) is 3.94. The topological polar surface area (TPSA) is 116 Å². The third-order valence-corrected chi connectivity index (χ3v) is 5.73. The van der Waals surface area contributed by atoms with Crippen LogP contribution in [0, 0.1) is 6.92 Å². The second-order valence-electron chi connectivity index (χ2n) is 7.08. The molecule has 5 heterocycles. The molecule has 164 valence electrons. The van der Waals surface area contributed by atoms with Gasteiger partial charge in [-0.1, -0.05) is 0 Å². The first-order chi connectivity index (χ1) is 15.7. The van der Waals surface area contributed by atoms with Gasteiger partial charge in [0.15, 0.2) is 12.3 Å². The Bertz CT molecular complexity index is 1190. The van der Waals surface area contributed by atoms with E-state index in [0.717, 1.165) is 42.6 Å². The Morgan fingerprint density at radius 1 is 1.19 bits per heavy atom. The van der Waals surface area contributed by atoms with Gasteiger partial charge in [0.25, 0.3) is 0 Å². The second kappa shape index (κ2) is 8.73. The number of hydrogen-bond acceptors (Lipinski definition) is 11. The summed E-state index contributed by atoms with van der Waals surface area (Å²) in [7, 11) is 0. The van der Waals surface area contributed by atoms with Crippen LogP contribution in [0.3, 0.4) is 0 Å². The first kappa shape index (κ1) is 20.7. The lowest BCUT2D eigenvalue weighted by Crippen LogP contribution is -2.28. The van der Waals surface area contributed by atoms with Crippen molar-refractivity contribution in [2.24, 2.45) is 10.1 Å². The predicted molar refractivity (Wildman–Crippen MR) is 121 cm³/mol. The van der Waals surface area contributed by atoms with Crippen molar-refractivity contribution in [1.82, 2.24) is 29.8 Å². The molecule has 1 unspecified atom stereocenters. The van der Waals surface area contributed by atoms with Gasteiger partial charge >= 0.3 is 0 Å². The molecule has 0 N–H and O–H groups in total. The molecule has 0 spiro atoms. The molecule has 2 aliphatic rings. The summed E-state index contributed by atoms with van der Waals surface area (Å²) in [5.74, 6) is 1.91. The number of pyridine rings is 1. The van der Waals surface area contributed by atoms with Gasteiger partial charge in [-0.25, -0.2) is 15.0 Å². The lowest BCUT2D eigenvalue weighted by molar-refractivity contribution is 0.313. The van der Waals surface area contributed by atoms with E-state index in [1.165, 1.54) is 0 Å². The van der Waals surface area contributed by atoms with E-state index in [9.17, 15) is 0 Å². The van der Waals surface area contributed by atoms with Gasteiger partial charge in [0.1, 0.15) is 29.0 Å². The number of nitrogens with zero attached hydrogens (tertiary/aromatic N) is 9. The molecule has 0 radical (unpaired) electrons. The summed E-state index contributed by atoms with van der Waals surface area (Å²) < 4.78 is 12.6. The van der Waals surface area contributed by atoms with Crippen LogP contribution in [-0.4, -0.2) is 67.0 Å². The molecular weight excluding hydrogens is 430 g/mol. The van der Waals surface area contributed by atoms with Crippen molar-refractivity contribution in [3.05, 3.63) is 42.2 Å². The number of aryl methyl sites for hydroxylation is 1. The smallest absolute Gasteiger partial charge is 0.205 e. The van der Waals surface area contributed by atoms with Gasteiger partial charge in [0, 0.05) is 25.5 Å². The van der Waals surface area contributed by atoms with Crippen molar-refractivity contribution in [1.29, 1.82) is 0 Å². The first-order valence-electron chi connectivity index (χ1n) is 10.3. The molecule has 0 amide bonds. The van der Waals surface area contributed by atoms with Crippen LogP contribution in [0.1, 0.15) is 25.4 Å². The zero-order valence-electron chi connectivity index (χ0n) is 17.8. The summed E-state index contributed by atoms with van der Waals surface area (Å²) in [6.45, 7) is 8.30. The van der Waals surface area contributed by atoms with Crippen LogP contribution in [0.5, 0.6) is 0 Å². The molecule has 1 saturated heterocycles. The first-order valence-corrected chi connectivity index (χ1v) is 10.9. The fourth-order valence-corrected chi connectivity index (χ4v) is 3.99. The Kier molecular flexibility index (Phi) is 5.64. The van der Waals surface area contributed by atoms with Gasteiger partial charge in [-0.05, 0) is 32.9 Å². The van der Waals surface area contributed by atoms with E-state index in [-0.39, 0.29) is 6.10 Å². The molecule has 3 aromatic rings. The van der Waals surface area contributed by atoms with E-state index in [1.807, 2.05) is 19.1 Å². The minimum atomic E-state index is -0.377. The number of hydrogen-bond donors (Lipinski definition) is 0. The van der Waals surface area contributed by atoms with Gasteiger partial charge < -0.3 is 4.90 Å². The summed E-state index contributed by atoms with van der Waals surface area (Å²) in [6.07, 6.45) is 4.44. The Hall–Kier alpha value is -3.22. The summed E-state index contributed by atoms with van der Waals surface area (Å²) >= 11 is 0.951. The molecule has 0 aliphatic carbocycles. The van der Waals surface area contributed by atoms with Crippen LogP contribution >= 0.6 is 12.3 Å². The molecular formula is C20H21N9O2S. The van der Waals surface area contributed by atoms with E-state index in [1.54, 1.807) is 23.3 Å². The Morgan fingerprint density at radius 2 is 2.03 bits per heavy atom. The maximum atomic E-state index is 5.63. The summed E-state index contributed by atoms with van der Waals surface area (Å²) in [5, 5.41) is 13.3. The van der Waals surface area contributed by atoms with Gasteiger partial charge in [-0.15, -0.1) is 10.2 Å². The lowest BCUT2D eigenvalue weighted by Gasteiger charge is -2.20. The molecule has 0 saturated carbocycles. The summed E-state index contributed by atoms with van der Waals surface area (Å²) in [4.78, 5) is 20.3. The van der Waals surface area contributed by atoms with Crippen molar-refractivity contribution in [2.75, 3.05) is 24.6 Å². The highest BCUT2D eigenvalue weighted by Crippen LogP contribution is 2.29. The van der Waals surface area contributed by atoms with Crippen molar-refractivity contribution in [3.63, 3.8) is 0 Å². The zero-order chi connectivity index (χ0) is 22.1. The van der Waals surface area contributed by atoms with Crippen LogP contribution in [0.2, 0.25) is 0 Å². The SMILES string of the molecule is CCN(CC)c1ccc(N=C2C(C3COSO3)=Nn3c2nnc3-c2cnccn2)c(C)n1. The van der Waals surface area contributed by atoms with Gasteiger partial charge in [-0.2, -0.15) is 9.78 Å². The largest absolute Gasteiger partial charge is 0.357 e. The molecule has 1 atom stereocenters. The fraction of sp³-hybridized carbons (Fsp3) is 0.350. The zero-order valence-corrected chi connectivity index (χ0v) is 18.7. The fourth-order valence-electron chi connectivity index (χ4n) is 3.51. The van der Waals surface area contributed by atoms with E-state index in [4.69, 9.17) is 23.4 Å². The van der Waals surface area contributed by atoms with E-state index in [0.29, 0.717) is 35.4 Å². The molecule has 5 rings (SSSR count). The van der Waals surface area contributed by atoms with Crippen molar-refractivity contribution < 1.29 is 8.37 Å². The quantitative estimate of drug-likeness (QED) is 0.521. The van der Waals surface area contributed by atoms with E-state index in [2.05, 4.69) is 38.9 Å². The van der Waals surface area contributed by atoms with Crippen LogP contribution < -0.4 is 4.90 Å². The number of fused-ring (bicyclic) bond motifs is 1. The van der Waals surface area contributed by atoms with Crippen LogP contribution in [0.4, 0.5) is 11.5 Å². The van der Waals surface area contributed by atoms with Crippen LogP contribution in [0.15, 0.2) is 40.8 Å². The molecule has 11 nitrogen and oxygen atoms in total. The van der Waals surface area contributed by atoms with Crippen LogP contribution in [-0.2, 0) is 8.37 Å². The minimum absolute atomic E-state index is 0.361. The molecule has 32 heavy (non-hydrogen) atoms. The highest BCUT2D eigenvalue weighted by molar-refractivity contribution is 7.90. The standard InChI is InChI=1S/C20H21N9O2S/c1-4-28(5-2)16-7-6-13(12(3)23-16)24-18-17(15-11-30-32-31-15)27-29-19(25-26-20(18)29)14-10-21-8-9-22-14/h6-10,15H,4-5,11H2,1-3H3. The minimum Gasteiger partial charge on any atom is -0.357 e.